The molecule has 0 bridgehead atoms. The van der Waals surface area contributed by atoms with Gasteiger partial charge in [-0.05, 0) is 40.0 Å². The van der Waals surface area contributed by atoms with Gasteiger partial charge in [0.2, 0.25) is 0 Å². The van der Waals surface area contributed by atoms with Gasteiger partial charge in [-0.1, -0.05) is 18.5 Å². The van der Waals surface area contributed by atoms with E-state index in [9.17, 15) is 4.79 Å². The van der Waals surface area contributed by atoms with Crippen LogP contribution in [0.3, 0.4) is 0 Å². The predicted octanol–water partition coefficient (Wildman–Crippen LogP) is 3.22. The van der Waals surface area contributed by atoms with Crippen LogP contribution >= 0.6 is 27.5 Å². The van der Waals surface area contributed by atoms with Crippen LogP contribution in [0.2, 0.25) is 5.02 Å². The highest BCUT2D eigenvalue weighted by molar-refractivity contribution is 9.10. The van der Waals surface area contributed by atoms with Crippen LogP contribution in [-0.2, 0) is 9.53 Å². The van der Waals surface area contributed by atoms with Gasteiger partial charge in [-0.2, -0.15) is 0 Å². The number of ether oxygens (including phenoxy) is 2. The average Bonchev–Trinajstić information content (AvgIpc) is 2.81. The van der Waals surface area contributed by atoms with Gasteiger partial charge < -0.3 is 9.47 Å². The minimum absolute atomic E-state index is 0.0303. The number of esters is 1. The number of carbonyl (C=O) groups excluding carboxylic acids is 1. The van der Waals surface area contributed by atoms with E-state index in [4.69, 9.17) is 21.1 Å². The van der Waals surface area contributed by atoms with Gasteiger partial charge in [0.1, 0.15) is 12.4 Å². The van der Waals surface area contributed by atoms with E-state index in [1.165, 1.54) is 7.11 Å². The summed E-state index contributed by atoms with van der Waals surface area (Å²) in [7, 11) is 1.44. The molecule has 0 saturated carbocycles. The van der Waals surface area contributed by atoms with E-state index in [-0.39, 0.29) is 11.9 Å². The van der Waals surface area contributed by atoms with Crippen molar-refractivity contribution in [1.29, 1.82) is 0 Å². The Morgan fingerprint density at radius 1 is 1.48 bits per heavy atom. The van der Waals surface area contributed by atoms with E-state index < -0.39 is 0 Å². The lowest BCUT2D eigenvalue weighted by Crippen LogP contribution is -2.28. The van der Waals surface area contributed by atoms with Gasteiger partial charge in [0.05, 0.1) is 17.5 Å². The largest absolute Gasteiger partial charge is 0.491 e. The monoisotopic (exact) mass is 375 g/mol. The fourth-order valence-electron chi connectivity index (χ4n) is 2.58. The topological polar surface area (TPSA) is 38.8 Å². The van der Waals surface area contributed by atoms with Crippen molar-refractivity contribution in [3.8, 4) is 5.75 Å². The van der Waals surface area contributed by atoms with E-state index in [1.54, 1.807) is 6.07 Å². The van der Waals surface area contributed by atoms with E-state index in [2.05, 4.69) is 27.8 Å². The zero-order valence-corrected chi connectivity index (χ0v) is 14.5. The summed E-state index contributed by atoms with van der Waals surface area (Å²) in [5.74, 6) is 0.944. The van der Waals surface area contributed by atoms with Crippen LogP contribution in [0.25, 0.3) is 0 Å². The molecule has 1 aromatic rings. The molecule has 0 aromatic heterocycles. The first kappa shape index (κ1) is 16.6. The van der Waals surface area contributed by atoms with Crippen LogP contribution in [0.1, 0.15) is 6.92 Å². The molecule has 1 aliphatic heterocycles. The summed E-state index contributed by atoms with van der Waals surface area (Å²) in [6.45, 7) is 5.07. The van der Waals surface area contributed by atoms with Crippen LogP contribution in [-0.4, -0.2) is 44.2 Å². The minimum Gasteiger partial charge on any atom is -0.491 e. The standard InChI is InChI=1S/C15H19BrClNO3/c1-10-8-18(9-12(10)15(19)20-2)5-6-21-14-4-3-11(17)7-13(14)16/h3-4,7,10,12H,5-6,8-9H2,1-2H3. The molecule has 116 valence electrons. The molecular formula is C15H19BrClNO3. The van der Waals surface area contributed by atoms with Gasteiger partial charge in [-0.25, -0.2) is 0 Å². The number of hydrogen-bond donors (Lipinski definition) is 0. The lowest BCUT2D eigenvalue weighted by atomic mass is 9.99. The molecule has 0 radical (unpaired) electrons. The van der Waals surface area contributed by atoms with Crippen LogP contribution in [0, 0.1) is 11.8 Å². The second kappa shape index (κ2) is 7.47. The number of hydrogen-bond acceptors (Lipinski definition) is 4. The van der Waals surface area contributed by atoms with Crippen molar-refractivity contribution in [1.82, 2.24) is 4.90 Å². The molecule has 2 unspecified atom stereocenters. The zero-order chi connectivity index (χ0) is 15.4. The third kappa shape index (κ3) is 4.34. The predicted molar refractivity (Wildman–Crippen MR) is 85.8 cm³/mol. The highest BCUT2D eigenvalue weighted by atomic mass is 79.9. The van der Waals surface area contributed by atoms with Crippen LogP contribution in [0.5, 0.6) is 5.75 Å². The summed E-state index contributed by atoms with van der Waals surface area (Å²) in [6.07, 6.45) is 0. The van der Waals surface area contributed by atoms with Gasteiger partial charge in [0.25, 0.3) is 0 Å². The first-order valence-corrected chi connectivity index (χ1v) is 8.06. The molecule has 0 N–H and O–H groups in total. The van der Waals surface area contributed by atoms with Crippen molar-refractivity contribution in [2.45, 2.75) is 6.92 Å². The number of nitrogens with zero attached hydrogens (tertiary/aromatic N) is 1. The van der Waals surface area contributed by atoms with E-state index in [0.29, 0.717) is 17.5 Å². The Labute approximate surface area is 138 Å². The number of rotatable bonds is 5. The number of methoxy groups -OCH3 is 1. The Balaban J connectivity index is 1.80. The van der Waals surface area contributed by atoms with Crippen molar-refractivity contribution in [3.63, 3.8) is 0 Å². The van der Waals surface area contributed by atoms with E-state index >= 15 is 0 Å². The average molecular weight is 377 g/mol. The number of halogens is 2. The van der Waals surface area contributed by atoms with E-state index in [1.807, 2.05) is 12.1 Å². The summed E-state index contributed by atoms with van der Waals surface area (Å²) in [6, 6.07) is 5.45. The molecule has 1 fully saturated rings. The highest BCUT2D eigenvalue weighted by Gasteiger charge is 2.35. The van der Waals surface area contributed by atoms with Gasteiger partial charge in [-0.3, -0.25) is 9.69 Å². The van der Waals surface area contributed by atoms with Crippen LogP contribution in [0.15, 0.2) is 22.7 Å². The maximum atomic E-state index is 11.6. The van der Waals surface area contributed by atoms with Gasteiger partial charge in [0, 0.05) is 24.7 Å². The number of carbonyl (C=O) groups is 1. The molecule has 2 atom stereocenters. The Hall–Kier alpha value is -0.780. The van der Waals surface area contributed by atoms with Crippen molar-refractivity contribution in [2.75, 3.05) is 33.4 Å². The van der Waals surface area contributed by atoms with Gasteiger partial charge in [-0.15, -0.1) is 0 Å². The molecule has 6 heteroatoms. The fourth-order valence-corrected chi connectivity index (χ4v) is 3.38. The summed E-state index contributed by atoms with van der Waals surface area (Å²) in [5, 5.41) is 0.670. The number of likely N-dealkylation sites (tertiary alicyclic amines) is 1. The molecule has 21 heavy (non-hydrogen) atoms. The maximum absolute atomic E-state index is 11.6. The second-order valence-corrected chi connectivity index (χ2v) is 6.58. The third-order valence-corrected chi connectivity index (χ3v) is 4.61. The molecule has 0 amide bonds. The maximum Gasteiger partial charge on any atom is 0.310 e. The lowest BCUT2D eigenvalue weighted by Gasteiger charge is -2.16. The lowest BCUT2D eigenvalue weighted by molar-refractivity contribution is -0.146. The molecule has 0 aliphatic carbocycles. The van der Waals surface area contributed by atoms with Crippen molar-refractivity contribution in [3.05, 3.63) is 27.7 Å². The Kier molecular flexibility index (Phi) is 5.90. The molecule has 4 nitrogen and oxygen atoms in total. The molecule has 0 spiro atoms. The fraction of sp³-hybridized carbons (Fsp3) is 0.533. The van der Waals surface area contributed by atoms with Crippen molar-refractivity contribution in [2.24, 2.45) is 11.8 Å². The highest BCUT2D eigenvalue weighted by Crippen LogP contribution is 2.28. The summed E-state index contributed by atoms with van der Waals surface area (Å²) in [5.41, 5.74) is 0. The number of benzene rings is 1. The van der Waals surface area contributed by atoms with Crippen LogP contribution < -0.4 is 4.74 Å². The van der Waals surface area contributed by atoms with Crippen LogP contribution in [0.4, 0.5) is 0 Å². The second-order valence-electron chi connectivity index (χ2n) is 5.29. The zero-order valence-electron chi connectivity index (χ0n) is 12.1. The molecular weight excluding hydrogens is 358 g/mol. The quantitative estimate of drug-likeness (QED) is 0.740. The summed E-state index contributed by atoms with van der Waals surface area (Å²) in [4.78, 5) is 13.9. The smallest absolute Gasteiger partial charge is 0.310 e. The molecule has 2 rings (SSSR count). The summed E-state index contributed by atoms with van der Waals surface area (Å²) >= 11 is 9.32. The Morgan fingerprint density at radius 2 is 2.24 bits per heavy atom. The van der Waals surface area contributed by atoms with Gasteiger partial charge >= 0.3 is 5.97 Å². The first-order chi connectivity index (χ1) is 10.0. The third-order valence-electron chi connectivity index (χ3n) is 3.75. The minimum atomic E-state index is -0.119. The summed E-state index contributed by atoms with van der Waals surface area (Å²) < 4.78 is 11.4. The van der Waals surface area contributed by atoms with Crippen molar-refractivity contribution >= 4 is 33.5 Å². The van der Waals surface area contributed by atoms with Gasteiger partial charge in [0.15, 0.2) is 0 Å². The first-order valence-electron chi connectivity index (χ1n) is 6.89. The normalized spacial score (nSPS) is 22.3. The van der Waals surface area contributed by atoms with Crippen molar-refractivity contribution < 1.29 is 14.3 Å². The molecule has 1 saturated heterocycles. The Bertz CT molecular complexity index is 512. The van der Waals surface area contributed by atoms with E-state index in [0.717, 1.165) is 29.9 Å². The SMILES string of the molecule is COC(=O)C1CN(CCOc2ccc(Cl)cc2Br)CC1C. The molecule has 1 aromatic carbocycles. The molecule has 1 heterocycles. The molecule has 1 aliphatic rings. The Morgan fingerprint density at radius 3 is 2.90 bits per heavy atom.